The summed E-state index contributed by atoms with van der Waals surface area (Å²) in [6.45, 7) is 12.2. The topological polar surface area (TPSA) is 73.1 Å². The molecule has 204 valence electrons. The molecule has 3 heterocycles. The third-order valence-electron chi connectivity index (χ3n) is 7.06. The highest BCUT2D eigenvalue weighted by atomic mass is 32.1. The number of benzene rings is 2. The number of fused-ring (bicyclic) bond motifs is 1. The summed E-state index contributed by atoms with van der Waals surface area (Å²) in [5, 5.41) is 0. The fourth-order valence-corrected chi connectivity index (χ4v) is 6.37. The molecule has 0 unspecified atom stereocenters. The number of hydrogen-bond donors (Lipinski definition) is 0. The first-order valence-corrected chi connectivity index (χ1v) is 14.4. The minimum Gasteiger partial charge on any atom is -0.494 e. The molecule has 0 amide bonds. The third kappa shape index (κ3) is 5.43. The number of rotatable bonds is 7. The Morgan fingerprint density at radius 3 is 2.49 bits per heavy atom. The van der Waals surface area contributed by atoms with Crippen molar-refractivity contribution in [2.75, 3.05) is 24.6 Å². The van der Waals surface area contributed by atoms with Crippen LogP contribution in [-0.4, -0.2) is 36.3 Å². The summed E-state index contributed by atoms with van der Waals surface area (Å²) >= 11 is 1.34. The van der Waals surface area contributed by atoms with Crippen LogP contribution in [0.5, 0.6) is 5.75 Å². The Labute approximate surface area is 232 Å². The summed E-state index contributed by atoms with van der Waals surface area (Å²) in [6, 6.07) is 13.2. The fourth-order valence-electron chi connectivity index (χ4n) is 5.32. The molecule has 1 aromatic heterocycles. The summed E-state index contributed by atoms with van der Waals surface area (Å²) in [5.41, 5.74) is 4.96. The quantitative estimate of drug-likeness (QED) is 0.409. The first-order chi connectivity index (χ1) is 18.8. The molecule has 1 fully saturated rings. The van der Waals surface area contributed by atoms with Gasteiger partial charge in [-0.25, -0.2) is 9.79 Å². The van der Waals surface area contributed by atoms with Crippen molar-refractivity contribution in [3.05, 3.63) is 90.1 Å². The molecule has 5 rings (SSSR count). The van der Waals surface area contributed by atoms with Gasteiger partial charge in [-0.3, -0.25) is 9.36 Å². The number of hydrogen-bond acceptors (Lipinski definition) is 7. The van der Waals surface area contributed by atoms with Gasteiger partial charge < -0.3 is 14.4 Å². The van der Waals surface area contributed by atoms with Crippen LogP contribution in [0.2, 0.25) is 0 Å². The number of thiazole rings is 1. The highest BCUT2D eigenvalue weighted by molar-refractivity contribution is 7.07. The Morgan fingerprint density at radius 2 is 1.85 bits per heavy atom. The Balaban J connectivity index is 1.61. The van der Waals surface area contributed by atoms with E-state index in [-0.39, 0.29) is 11.7 Å². The van der Waals surface area contributed by atoms with Crippen LogP contribution in [0.25, 0.3) is 6.08 Å². The Hall–Kier alpha value is -3.65. The van der Waals surface area contributed by atoms with Crippen LogP contribution in [-0.2, 0) is 9.53 Å². The number of aromatic nitrogens is 1. The van der Waals surface area contributed by atoms with E-state index in [0.29, 0.717) is 27.2 Å². The molecule has 0 bridgehead atoms. The molecule has 0 saturated carbocycles. The molecule has 1 saturated heterocycles. The molecule has 39 heavy (non-hydrogen) atoms. The predicted octanol–water partition coefficient (Wildman–Crippen LogP) is 4.49. The second-order valence-corrected chi connectivity index (χ2v) is 11.3. The van der Waals surface area contributed by atoms with Gasteiger partial charge in [0.2, 0.25) is 0 Å². The second kappa shape index (κ2) is 11.2. The number of allylic oxidation sites excluding steroid dienone is 1. The molecule has 2 aliphatic heterocycles. The maximum atomic E-state index is 13.9. The van der Waals surface area contributed by atoms with Gasteiger partial charge in [-0.15, -0.1) is 0 Å². The van der Waals surface area contributed by atoms with E-state index in [1.54, 1.807) is 11.5 Å². The molecule has 0 N–H and O–H groups in total. The predicted molar refractivity (Wildman–Crippen MR) is 155 cm³/mol. The van der Waals surface area contributed by atoms with Crippen molar-refractivity contribution in [1.82, 2.24) is 4.57 Å². The van der Waals surface area contributed by atoms with Crippen molar-refractivity contribution in [1.29, 1.82) is 0 Å². The van der Waals surface area contributed by atoms with Gasteiger partial charge in [0.05, 0.1) is 34.6 Å². The third-order valence-corrected chi connectivity index (χ3v) is 8.04. The average molecular weight is 546 g/mol. The Bertz CT molecular complexity index is 1590. The van der Waals surface area contributed by atoms with E-state index >= 15 is 0 Å². The lowest BCUT2D eigenvalue weighted by Crippen LogP contribution is -2.40. The Morgan fingerprint density at radius 1 is 1.13 bits per heavy atom. The lowest BCUT2D eigenvalue weighted by molar-refractivity contribution is -0.143. The van der Waals surface area contributed by atoms with Crippen molar-refractivity contribution in [2.24, 2.45) is 4.99 Å². The van der Waals surface area contributed by atoms with E-state index in [1.807, 2.05) is 51.1 Å². The monoisotopic (exact) mass is 545 g/mol. The maximum Gasteiger partial charge on any atom is 0.338 e. The molecule has 0 aliphatic carbocycles. The molecule has 2 aromatic carbocycles. The molecule has 3 aromatic rings. The van der Waals surface area contributed by atoms with Gasteiger partial charge in [0.1, 0.15) is 5.75 Å². The summed E-state index contributed by atoms with van der Waals surface area (Å²) < 4.78 is 13.4. The summed E-state index contributed by atoms with van der Waals surface area (Å²) in [4.78, 5) is 34.9. The standard InChI is InChI=1S/C31H35N3O4S/c1-6-37-24-12-10-23(11-13-24)28-27(30(36)38-19(2)3)21(5)32-31-34(28)29(35)26(39-31)18-22-9-14-25(20(4)17-22)33-15-7-8-16-33/h9-14,17-19,28H,6-8,15-16H2,1-5H3/b26-18-/t28-/m1/s1. The summed E-state index contributed by atoms with van der Waals surface area (Å²) in [5.74, 6) is 0.265. The van der Waals surface area contributed by atoms with Gasteiger partial charge in [-0.05, 0) is 94.5 Å². The van der Waals surface area contributed by atoms with Crippen molar-refractivity contribution < 1.29 is 14.3 Å². The van der Waals surface area contributed by atoms with E-state index in [0.717, 1.165) is 30.0 Å². The fraction of sp³-hybridized carbons (Fsp3) is 0.387. The van der Waals surface area contributed by atoms with Crippen LogP contribution in [0.3, 0.4) is 0 Å². The molecule has 1 atom stereocenters. The molecule has 8 heteroatoms. The van der Waals surface area contributed by atoms with Gasteiger partial charge >= 0.3 is 5.97 Å². The minimum absolute atomic E-state index is 0.179. The minimum atomic E-state index is -0.649. The van der Waals surface area contributed by atoms with Crippen molar-refractivity contribution in [3.63, 3.8) is 0 Å². The van der Waals surface area contributed by atoms with Gasteiger partial charge in [0.15, 0.2) is 4.80 Å². The molecular formula is C31H35N3O4S. The molecular weight excluding hydrogens is 510 g/mol. The van der Waals surface area contributed by atoms with Gasteiger partial charge in [-0.2, -0.15) is 0 Å². The van der Waals surface area contributed by atoms with E-state index in [2.05, 4.69) is 30.0 Å². The van der Waals surface area contributed by atoms with E-state index < -0.39 is 12.0 Å². The van der Waals surface area contributed by atoms with Gasteiger partial charge in [0, 0.05) is 18.8 Å². The highest BCUT2D eigenvalue weighted by Gasteiger charge is 2.33. The average Bonchev–Trinajstić information content (AvgIpc) is 3.52. The van der Waals surface area contributed by atoms with Gasteiger partial charge in [-0.1, -0.05) is 29.5 Å². The molecule has 7 nitrogen and oxygen atoms in total. The number of esters is 1. The number of ether oxygens (including phenoxy) is 2. The molecule has 0 spiro atoms. The van der Waals surface area contributed by atoms with Crippen LogP contribution in [0.4, 0.5) is 5.69 Å². The number of carbonyl (C=O) groups is 1. The maximum absolute atomic E-state index is 13.9. The van der Waals surface area contributed by atoms with Crippen LogP contribution in [0.15, 0.2) is 63.5 Å². The largest absolute Gasteiger partial charge is 0.494 e. The summed E-state index contributed by atoms with van der Waals surface area (Å²) in [6.07, 6.45) is 4.08. The zero-order valence-corrected chi connectivity index (χ0v) is 24.0. The molecule has 2 aliphatic rings. The highest BCUT2D eigenvalue weighted by Crippen LogP contribution is 2.32. The van der Waals surface area contributed by atoms with E-state index in [4.69, 9.17) is 14.5 Å². The zero-order chi connectivity index (χ0) is 27.7. The second-order valence-electron chi connectivity index (χ2n) is 10.3. The lowest BCUT2D eigenvalue weighted by atomic mass is 9.96. The number of anilines is 1. The SMILES string of the molecule is CCOc1ccc([C@@H]2C(C(=O)OC(C)C)=C(C)N=c3s/c(=C\c4ccc(N5CCCC5)c(C)c4)c(=O)n32)cc1. The van der Waals surface area contributed by atoms with Crippen molar-refractivity contribution >= 4 is 29.1 Å². The van der Waals surface area contributed by atoms with E-state index in [9.17, 15) is 9.59 Å². The first kappa shape index (κ1) is 26.9. The normalized spacial score (nSPS) is 17.4. The van der Waals surface area contributed by atoms with Crippen LogP contribution < -0.4 is 24.5 Å². The number of aryl methyl sites for hydroxylation is 1. The lowest BCUT2D eigenvalue weighted by Gasteiger charge is -2.25. The number of nitrogens with zero attached hydrogens (tertiary/aromatic N) is 3. The number of carbonyl (C=O) groups excluding carboxylic acids is 1. The van der Waals surface area contributed by atoms with Crippen molar-refractivity contribution in [3.8, 4) is 5.75 Å². The zero-order valence-electron chi connectivity index (χ0n) is 23.2. The first-order valence-electron chi connectivity index (χ1n) is 13.6. The Kier molecular flexibility index (Phi) is 7.75. The van der Waals surface area contributed by atoms with Crippen LogP contribution in [0, 0.1) is 6.92 Å². The van der Waals surface area contributed by atoms with Gasteiger partial charge in [0.25, 0.3) is 5.56 Å². The van der Waals surface area contributed by atoms with Crippen molar-refractivity contribution in [2.45, 2.75) is 59.6 Å². The summed E-state index contributed by atoms with van der Waals surface area (Å²) in [7, 11) is 0. The smallest absolute Gasteiger partial charge is 0.338 e. The molecule has 0 radical (unpaired) electrons. The van der Waals surface area contributed by atoms with E-state index in [1.165, 1.54) is 35.4 Å². The van der Waals surface area contributed by atoms with Crippen LogP contribution in [0.1, 0.15) is 63.3 Å². The van der Waals surface area contributed by atoms with Crippen LogP contribution >= 0.6 is 11.3 Å².